The van der Waals surface area contributed by atoms with Crippen LogP contribution in [0.1, 0.15) is 33.1 Å². The Hall–Kier alpha value is -0.130. The van der Waals surface area contributed by atoms with Gasteiger partial charge >= 0.3 is 0 Å². The third kappa shape index (κ3) is 3.74. The molecule has 2 atom stereocenters. The quantitative estimate of drug-likeness (QED) is 0.767. The van der Waals surface area contributed by atoms with Crippen LogP contribution in [0.5, 0.6) is 0 Å². The first kappa shape index (κ1) is 12.9. The summed E-state index contributed by atoms with van der Waals surface area (Å²) in [6.07, 6.45) is 2.05. The first-order valence-electron chi connectivity index (χ1n) is 5.61. The monoisotopic (exact) mass is 235 g/mol. The number of sulfonamides is 1. The molecule has 4 nitrogen and oxygen atoms in total. The van der Waals surface area contributed by atoms with E-state index >= 15 is 0 Å². The zero-order valence-corrected chi connectivity index (χ0v) is 10.3. The highest BCUT2D eigenvalue weighted by Gasteiger charge is 2.30. The van der Waals surface area contributed by atoms with E-state index in [1.165, 1.54) is 4.31 Å². The van der Waals surface area contributed by atoms with Gasteiger partial charge in [-0.25, -0.2) is 8.42 Å². The highest BCUT2D eigenvalue weighted by molar-refractivity contribution is 7.89. The second-order valence-electron chi connectivity index (χ2n) is 4.47. The van der Waals surface area contributed by atoms with Gasteiger partial charge in [-0.15, -0.1) is 0 Å². The number of hydrogen-bond acceptors (Lipinski definition) is 3. The van der Waals surface area contributed by atoms with E-state index in [0.29, 0.717) is 13.0 Å². The molecule has 5 heteroatoms. The van der Waals surface area contributed by atoms with Gasteiger partial charge in [-0.05, 0) is 18.8 Å². The zero-order valence-electron chi connectivity index (χ0n) is 9.52. The van der Waals surface area contributed by atoms with Crippen LogP contribution in [0.2, 0.25) is 0 Å². The van der Waals surface area contributed by atoms with Crippen LogP contribution in [-0.4, -0.2) is 42.8 Å². The molecule has 0 aromatic carbocycles. The average Bonchev–Trinajstić information content (AvgIpc) is 2.51. The summed E-state index contributed by atoms with van der Waals surface area (Å²) in [4.78, 5) is 0. The Balaban J connectivity index is 2.52. The third-order valence-corrected chi connectivity index (χ3v) is 4.90. The van der Waals surface area contributed by atoms with Crippen LogP contribution in [0.25, 0.3) is 0 Å². The minimum Gasteiger partial charge on any atom is -0.392 e. The fourth-order valence-electron chi connectivity index (χ4n) is 2.00. The Morgan fingerprint density at radius 2 is 2.20 bits per heavy atom. The first-order valence-corrected chi connectivity index (χ1v) is 7.22. The lowest BCUT2D eigenvalue weighted by molar-refractivity contribution is 0.189. The number of aliphatic hydroxyl groups is 1. The Morgan fingerprint density at radius 1 is 1.53 bits per heavy atom. The van der Waals surface area contributed by atoms with Gasteiger partial charge in [0, 0.05) is 13.1 Å². The highest BCUT2D eigenvalue weighted by Crippen LogP contribution is 2.17. The van der Waals surface area contributed by atoms with Gasteiger partial charge in [0.05, 0.1) is 11.9 Å². The molecule has 15 heavy (non-hydrogen) atoms. The van der Waals surface area contributed by atoms with Gasteiger partial charge in [0.2, 0.25) is 10.0 Å². The van der Waals surface area contributed by atoms with Gasteiger partial charge in [-0.1, -0.05) is 20.3 Å². The summed E-state index contributed by atoms with van der Waals surface area (Å²) >= 11 is 0. The van der Waals surface area contributed by atoms with Gasteiger partial charge in [-0.3, -0.25) is 0 Å². The number of β-amino-alcohol motifs (C(OH)–C–C–N with tert-alkyl or cyclic N) is 1. The molecule has 0 spiro atoms. The largest absolute Gasteiger partial charge is 0.392 e. The van der Waals surface area contributed by atoms with Crippen molar-refractivity contribution in [3.05, 3.63) is 0 Å². The van der Waals surface area contributed by atoms with Gasteiger partial charge in [0.1, 0.15) is 0 Å². The van der Waals surface area contributed by atoms with E-state index in [1.807, 2.05) is 6.92 Å². The third-order valence-electron chi connectivity index (χ3n) is 2.80. The highest BCUT2D eigenvalue weighted by atomic mass is 32.2. The summed E-state index contributed by atoms with van der Waals surface area (Å²) in [5.74, 6) is 0.422. The summed E-state index contributed by atoms with van der Waals surface area (Å²) in [5, 5.41) is 9.29. The molecule has 0 amide bonds. The van der Waals surface area contributed by atoms with Crippen molar-refractivity contribution in [1.29, 1.82) is 0 Å². The van der Waals surface area contributed by atoms with Crippen LogP contribution in [0.3, 0.4) is 0 Å². The van der Waals surface area contributed by atoms with Gasteiger partial charge in [0.25, 0.3) is 0 Å². The fourth-order valence-corrected chi connectivity index (χ4v) is 3.88. The first-order chi connectivity index (χ1) is 6.95. The lowest BCUT2D eigenvalue weighted by Crippen LogP contribution is -2.33. The van der Waals surface area contributed by atoms with Crippen molar-refractivity contribution >= 4 is 10.0 Å². The molecule has 0 aromatic heterocycles. The van der Waals surface area contributed by atoms with E-state index in [4.69, 9.17) is 0 Å². The van der Waals surface area contributed by atoms with E-state index in [9.17, 15) is 13.5 Å². The minimum atomic E-state index is -3.14. The summed E-state index contributed by atoms with van der Waals surface area (Å²) < 4.78 is 25.2. The Bertz CT molecular complexity index is 289. The van der Waals surface area contributed by atoms with Crippen LogP contribution in [0, 0.1) is 5.92 Å². The van der Waals surface area contributed by atoms with Crippen LogP contribution in [0.4, 0.5) is 0 Å². The predicted octanol–water partition coefficient (Wildman–Crippen LogP) is 0.819. The number of aliphatic hydroxyl groups excluding tert-OH is 1. The average molecular weight is 235 g/mol. The normalized spacial score (nSPS) is 25.7. The molecule has 0 aliphatic carbocycles. The van der Waals surface area contributed by atoms with Crippen molar-refractivity contribution in [2.75, 3.05) is 18.8 Å². The topological polar surface area (TPSA) is 57.6 Å². The van der Waals surface area contributed by atoms with Crippen molar-refractivity contribution in [2.45, 2.75) is 39.2 Å². The molecule has 1 unspecified atom stereocenters. The van der Waals surface area contributed by atoms with E-state index in [2.05, 4.69) is 6.92 Å². The van der Waals surface area contributed by atoms with Crippen molar-refractivity contribution in [1.82, 2.24) is 4.31 Å². The lowest BCUT2D eigenvalue weighted by atomic mass is 10.1. The van der Waals surface area contributed by atoms with Crippen molar-refractivity contribution in [2.24, 2.45) is 5.92 Å². The molecule has 90 valence electrons. The molecule has 1 saturated heterocycles. The van der Waals surface area contributed by atoms with Crippen LogP contribution in [0.15, 0.2) is 0 Å². The Kier molecular flexibility index (Phi) is 4.55. The molecule has 1 N–H and O–H groups in total. The van der Waals surface area contributed by atoms with Gasteiger partial charge in [0.15, 0.2) is 0 Å². The maximum absolute atomic E-state index is 11.9. The van der Waals surface area contributed by atoms with Crippen molar-refractivity contribution < 1.29 is 13.5 Å². The summed E-state index contributed by atoms with van der Waals surface area (Å²) in [6.45, 7) is 4.78. The standard InChI is InChI=1S/C10H21NO3S/c1-3-4-9(2)8-15(13,14)11-6-5-10(12)7-11/h9-10,12H,3-8H2,1-2H3/t9?,10-/m0/s1. The SMILES string of the molecule is CCCC(C)CS(=O)(=O)N1CC[C@H](O)C1. The molecule has 0 saturated carbocycles. The molecule has 1 heterocycles. The van der Waals surface area contributed by atoms with Crippen molar-refractivity contribution in [3.8, 4) is 0 Å². The zero-order chi connectivity index (χ0) is 11.5. The Morgan fingerprint density at radius 3 is 2.67 bits per heavy atom. The number of nitrogens with zero attached hydrogens (tertiary/aromatic N) is 1. The van der Waals surface area contributed by atoms with E-state index in [1.54, 1.807) is 0 Å². The van der Waals surface area contributed by atoms with Crippen LogP contribution in [-0.2, 0) is 10.0 Å². The number of hydrogen-bond donors (Lipinski definition) is 1. The minimum absolute atomic E-state index is 0.206. The predicted molar refractivity (Wildman–Crippen MR) is 60.1 cm³/mol. The molecule has 0 aromatic rings. The molecule has 1 aliphatic rings. The summed E-state index contributed by atoms with van der Waals surface area (Å²) in [7, 11) is -3.14. The maximum Gasteiger partial charge on any atom is 0.214 e. The molecular formula is C10H21NO3S. The van der Waals surface area contributed by atoms with Crippen LogP contribution >= 0.6 is 0 Å². The molecule has 0 radical (unpaired) electrons. The molecule has 0 bridgehead atoms. The van der Waals surface area contributed by atoms with Crippen molar-refractivity contribution in [3.63, 3.8) is 0 Å². The van der Waals surface area contributed by atoms with Gasteiger partial charge < -0.3 is 5.11 Å². The van der Waals surface area contributed by atoms with E-state index < -0.39 is 16.1 Å². The molecule has 1 fully saturated rings. The second kappa shape index (κ2) is 5.27. The summed E-state index contributed by atoms with van der Waals surface area (Å²) in [5.41, 5.74) is 0. The van der Waals surface area contributed by atoms with E-state index in [-0.39, 0.29) is 18.2 Å². The smallest absolute Gasteiger partial charge is 0.214 e. The lowest BCUT2D eigenvalue weighted by Gasteiger charge is -2.18. The van der Waals surface area contributed by atoms with Crippen LogP contribution < -0.4 is 0 Å². The maximum atomic E-state index is 11.9. The fraction of sp³-hybridized carbons (Fsp3) is 1.00. The van der Waals surface area contributed by atoms with Gasteiger partial charge in [-0.2, -0.15) is 4.31 Å². The molecular weight excluding hydrogens is 214 g/mol. The molecule has 1 rings (SSSR count). The number of rotatable bonds is 5. The Labute approximate surface area is 92.3 Å². The second-order valence-corrected chi connectivity index (χ2v) is 6.49. The summed E-state index contributed by atoms with van der Waals surface area (Å²) in [6, 6.07) is 0. The molecule has 1 aliphatic heterocycles. The van der Waals surface area contributed by atoms with E-state index in [0.717, 1.165) is 12.8 Å².